The minimum atomic E-state index is -0.284. The summed E-state index contributed by atoms with van der Waals surface area (Å²) in [5.41, 5.74) is 0.738. The lowest BCUT2D eigenvalue weighted by molar-refractivity contribution is -0.153. The van der Waals surface area contributed by atoms with Gasteiger partial charge in [0.05, 0.1) is 18.2 Å². The highest BCUT2D eigenvalue weighted by Gasteiger charge is 2.37. The van der Waals surface area contributed by atoms with E-state index in [9.17, 15) is 9.18 Å². The quantitative estimate of drug-likeness (QED) is 0.839. The molecule has 3 nitrogen and oxygen atoms in total. The van der Waals surface area contributed by atoms with Gasteiger partial charge in [0.1, 0.15) is 5.82 Å². The molecule has 2 unspecified atom stereocenters. The van der Waals surface area contributed by atoms with Crippen LogP contribution >= 0.6 is 0 Å². The first-order chi connectivity index (χ1) is 10.7. The Bertz CT molecular complexity index is 539. The van der Waals surface area contributed by atoms with Gasteiger partial charge in [-0.3, -0.25) is 4.79 Å². The molecular formula is C19H28FNO2. The van der Waals surface area contributed by atoms with Gasteiger partial charge in [0.15, 0.2) is 0 Å². The van der Waals surface area contributed by atoms with Gasteiger partial charge in [0, 0.05) is 13.0 Å². The zero-order valence-corrected chi connectivity index (χ0v) is 14.8. The SMILES string of the molecule is CC1CN(C(=O)CC(c2ccc(F)cc2)C(C)C)C(C)(C)CO1. The van der Waals surface area contributed by atoms with Crippen molar-refractivity contribution in [1.82, 2.24) is 4.90 Å². The molecule has 0 N–H and O–H groups in total. The maximum atomic E-state index is 13.2. The van der Waals surface area contributed by atoms with Gasteiger partial charge in [-0.1, -0.05) is 26.0 Å². The number of hydrogen-bond donors (Lipinski definition) is 0. The predicted molar refractivity (Wildman–Crippen MR) is 89.8 cm³/mol. The molecular weight excluding hydrogens is 293 g/mol. The monoisotopic (exact) mass is 321 g/mol. The number of carbonyl (C=O) groups is 1. The average Bonchev–Trinajstić information content (AvgIpc) is 2.48. The molecule has 1 saturated heterocycles. The van der Waals surface area contributed by atoms with Crippen molar-refractivity contribution in [3.8, 4) is 0 Å². The molecule has 1 amide bonds. The molecule has 0 spiro atoms. The first-order valence-electron chi connectivity index (χ1n) is 8.38. The third kappa shape index (κ3) is 4.31. The normalized spacial score (nSPS) is 22.2. The van der Waals surface area contributed by atoms with Gasteiger partial charge in [0.2, 0.25) is 5.91 Å². The lowest BCUT2D eigenvalue weighted by Gasteiger charge is -2.45. The van der Waals surface area contributed by atoms with Gasteiger partial charge in [-0.25, -0.2) is 4.39 Å². The average molecular weight is 321 g/mol. The second-order valence-corrected chi connectivity index (χ2v) is 7.54. The van der Waals surface area contributed by atoms with Gasteiger partial charge in [-0.05, 0) is 50.3 Å². The Kier molecular flexibility index (Phi) is 5.45. The molecule has 1 aromatic carbocycles. The van der Waals surface area contributed by atoms with Crippen molar-refractivity contribution in [2.24, 2.45) is 5.92 Å². The smallest absolute Gasteiger partial charge is 0.223 e. The molecule has 0 aromatic heterocycles. The summed E-state index contributed by atoms with van der Waals surface area (Å²) >= 11 is 0. The number of ether oxygens (including phenoxy) is 1. The third-order valence-corrected chi connectivity index (χ3v) is 4.69. The van der Waals surface area contributed by atoms with E-state index in [0.29, 0.717) is 25.5 Å². The van der Waals surface area contributed by atoms with Crippen molar-refractivity contribution in [3.05, 3.63) is 35.6 Å². The van der Waals surface area contributed by atoms with E-state index >= 15 is 0 Å². The summed E-state index contributed by atoms with van der Waals surface area (Å²) in [4.78, 5) is 14.9. The number of benzene rings is 1. The topological polar surface area (TPSA) is 29.5 Å². The Labute approximate surface area is 138 Å². The van der Waals surface area contributed by atoms with Crippen molar-refractivity contribution >= 4 is 5.91 Å². The van der Waals surface area contributed by atoms with Gasteiger partial charge in [-0.15, -0.1) is 0 Å². The van der Waals surface area contributed by atoms with Gasteiger partial charge in [-0.2, -0.15) is 0 Å². The Morgan fingerprint density at radius 2 is 1.96 bits per heavy atom. The van der Waals surface area contributed by atoms with Crippen LogP contribution in [0.4, 0.5) is 4.39 Å². The highest BCUT2D eigenvalue weighted by atomic mass is 19.1. The number of halogens is 1. The molecule has 23 heavy (non-hydrogen) atoms. The van der Waals surface area contributed by atoms with E-state index < -0.39 is 0 Å². The van der Waals surface area contributed by atoms with Crippen LogP contribution < -0.4 is 0 Å². The van der Waals surface area contributed by atoms with Crippen LogP contribution in [0, 0.1) is 11.7 Å². The predicted octanol–water partition coefficient (Wildman–Crippen LogP) is 3.98. The van der Waals surface area contributed by atoms with Crippen molar-refractivity contribution < 1.29 is 13.9 Å². The van der Waals surface area contributed by atoms with Gasteiger partial charge >= 0.3 is 0 Å². The fraction of sp³-hybridized carbons (Fsp3) is 0.632. The first-order valence-corrected chi connectivity index (χ1v) is 8.38. The van der Waals surface area contributed by atoms with E-state index in [1.54, 1.807) is 12.1 Å². The summed E-state index contributed by atoms with van der Waals surface area (Å²) in [6.07, 6.45) is 0.509. The molecule has 2 atom stereocenters. The fourth-order valence-corrected chi connectivity index (χ4v) is 3.17. The second-order valence-electron chi connectivity index (χ2n) is 7.54. The summed E-state index contributed by atoms with van der Waals surface area (Å²) < 4.78 is 18.8. The first kappa shape index (κ1) is 17.9. The molecule has 0 saturated carbocycles. The lowest BCUT2D eigenvalue weighted by atomic mass is 9.84. The number of carbonyl (C=O) groups excluding carboxylic acids is 1. The van der Waals surface area contributed by atoms with Crippen molar-refractivity contribution in [2.45, 2.75) is 58.6 Å². The number of amides is 1. The Morgan fingerprint density at radius 3 is 2.52 bits per heavy atom. The number of hydrogen-bond acceptors (Lipinski definition) is 2. The van der Waals surface area contributed by atoms with E-state index in [1.807, 2.05) is 25.7 Å². The van der Waals surface area contributed by atoms with E-state index in [1.165, 1.54) is 12.1 Å². The van der Waals surface area contributed by atoms with Crippen LogP contribution in [0.3, 0.4) is 0 Å². The number of morpholine rings is 1. The molecule has 1 heterocycles. The van der Waals surface area contributed by atoms with Crippen molar-refractivity contribution in [1.29, 1.82) is 0 Å². The van der Waals surface area contributed by atoms with Crippen LogP contribution in [0.25, 0.3) is 0 Å². The molecule has 2 rings (SSSR count). The van der Waals surface area contributed by atoms with Crippen LogP contribution in [0.5, 0.6) is 0 Å². The van der Waals surface area contributed by atoms with Crippen LogP contribution in [-0.4, -0.2) is 35.6 Å². The number of nitrogens with zero attached hydrogens (tertiary/aromatic N) is 1. The largest absolute Gasteiger partial charge is 0.374 e. The minimum Gasteiger partial charge on any atom is -0.374 e. The van der Waals surface area contributed by atoms with Gasteiger partial charge in [0.25, 0.3) is 0 Å². The molecule has 0 aliphatic carbocycles. The zero-order chi connectivity index (χ0) is 17.2. The highest BCUT2D eigenvalue weighted by molar-refractivity contribution is 5.78. The zero-order valence-electron chi connectivity index (χ0n) is 14.8. The van der Waals surface area contributed by atoms with E-state index in [-0.39, 0.29) is 29.3 Å². The van der Waals surface area contributed by atoms with Crippen LogP contribution in [0.15, 0.2) is 24.3 Å². The van der Waals surface area contributed by atoms with Crippen LogP contribution in [-0.2, 0) is 9.53 Å². The van der Waals surface area contributed by atoms with Crippen molar-refractivity contribution in [2.75, 3.05) is 13.2 Å². The lowest BCUT2D eigenvalue weighted by Crippen LogP contribution is -2.58. The summed E-state index contributed by atoms with van der Waals surface area (Å²) in [6, 6.07) is 6.52. The fourth-order valence-electron chi connectivity index (χ4n) is 3.17. The number of rotatable bonds is 4. The van der Waals surface area contributed by atoms with E-state index in [2.05, 4.69) is 13.8 Å². The molecule has 4 heteroatoms. The van der Waals surface area contributed by atoms with Crippen molar-refractivity contribution in [3.63, 3.8) is 0 Å². The molecule has 0 radical (unpaired) electrons. The van der Waals surface area contributed by atoms with Gasteiger partial charge < -0.3 is 9.64 Å². The second kappa shape index (κ2) is 7.00. The third-order valence-electron chi connectivity index (χ3n) is 4.69. The van der Waals surface area contributed by atoms with E-state index in [4.69, 9.17) is 4.74 Å². The molecule has 1 aliphatic rings. The highest BCUT2D eigenvalue weighted by Crippen LogP contribution is 2.31. The Morgan fingerprint density at radius 1 is 1.35 bits per heavy atom. The van der Waals surface area contributed by atoms with Crippen LogP contribution in [0.1, 0.15) is 52.5 Å². The summed E-state index contributed by atoms with van der Waals surface area (Å²) in [7, 11) is 0. The molecule has 1 fully saturated rings. The molecule has 0 bridgehead atoms. The van der Waals surface area contributed by atoms with E-state index in [0.717, 1.165) is 5.56 Å². The standard InChI is InChI=1S/C19H28FNO2/c1-13(2)17(15-6-8-16(20)9-7-15)10-18(22)21-11-14(3)23-12-19(21,4)5/h6-9,13-14,17H,10-12H2,1-5H3. The maximum absolute atomic E-state index is 13.2. The Hall–Kier alpha value is -1.42. The minimum absolute atomic E-state index is 0.0651. The summed E-state index contributed by atoms with van der Waals surface area (Å²) in [5, 5.41) is 0. The molecule has 1 aliphatic heterocycles. The summed E-state index contributed by atoms with van der Waals surface area (Å²) in [6.45, 7) is 11.5. The Balaban J connectivity index is 2.16. The molecule has 128 valence electrons. The maximum Gasteiger partial charge on any atom is 0.223 e. The molecule has 1 aromatic rings. The summed E-state index contributed by atoms with van der Waals surface area (Å²) in [5.74, 6) is 0.307. The van der Waals surface area contributed by atoms with Crippen LogP contribution in [0.2, 0.25) is 0 Å².